The molecule has 1 aliphatic heterocycles. The van der Waals surface area contributed by atoms with E-state index in [1.165, 1.54) is 12.1 Å². The van der Waals surface area contributed by atoms with Crippen LogP contribution in [0.15, 0.2) is 48.5 Å². The smallest absolute Gasteiger partial charge is 0.170 e. The predicted molar refractivity (Wildman–Crippen MR) is 113 cm³/mol. The van der Waals surface area contributed by atoms with Crippen LogP contribution >= 0.6 is 12.2 Å². The van der Waals surface area contributed by atoms with Gasteiger partial charge < -0.3 is 20.1 Å². The van der Waals surface area contributed by atoms with E-state index < -0.39 is 0 Å². The number of morpholine rings is 1. The van der Waals surface area contributed by atoms with Gasteiger partial charge in [0.15, 0.2) is 5.11 Å². The second-order valence-corrected chi connectivity index (χ2v) is 6.92. The van der Waals surface area contributed by atoms with Gasteiger partial charge in [0.1, 0.15) is 11.6 Å². The first kappa shape index (κ1) is 20.5. The molecule has 1 atom stereocenters. The van der Waals surface area contributed by atoms with E-state index >= 15 is 0 Å². The van der Waals surface area contributed by atoms with Gasteiger partial charge in [-0.05, 0) is 61.1 Å². The first-order valence-corrected chi connectivity index (χ1v) is 9.91. The van der Waals surface area contributed by atoms with Gasteiger partial charge in [0.2, 0.25) is 0 Å². The average molecular weight is 404 g/mol. The lowest BCUT2D eigenvalue weighted by Crippen LogP contribution is -2.44. The van der Waals surface area contributed by atoms with E-state index in [4.69, 9.17) is 21.7 Å². The van der Waals surface area contributed by atoms with Crippen molar-refractivity contribution in [3.05, 3.63) is 59.9 Å². The summed E-state index contributed by atoms with van der Waals surface area (Å²) in [6.07, 6.45) is 0. The van der Waals surface area contributed by atoms with Crippen LogP contribution < -0.4 is 15.4 Å². The second kappa shape index (κ2) is 10.4. The van der Waals surface area contributed by atoms with Crippen molar-refractivity contribution in [3.8, 4) is 5.75 Å². The molecule has 1 aliphatic rings. The number of benzene rings is 2. The van der Waals surface area contributed by atoms with Crippen LogP contribution in [-0.4, -0.2) is 49.5 Å². The summed E-state index contributed by atoms with van der Waals surface area (Å²) in [6, 6.07) is 14.4. The van der Waals surface area contributed by atoms with Gasteiger partial charge in [-0.1, -0.05) is 12.1 Å². The lowest BCUT2D eigenvalue weighted by atomic mass is 10.0. The minimum atomic E-state index is -0.231. The quantitative estimate of drug-likeness (QED) is 0.689. The predicted octanol–water partition coefficient (Wildman–Crippen LogP) is 3.58. The maximum atomic E-state index is 13.3. The van der Waals surface area contributed by atoms with Gasteiger partial charge in [-0.15, -0.1) is 0 Å². The Bertz CT molecular complexity index is 749. The molecular weight excluding hydrogens is 377 g/mol. The number of rotatable bonds is 7. The zero-order valence-corrected chi connectivity index (χ0v) is 16.8. The highest BCUT2D eigenvalue weighted by molar-refractivity contribution is 7.80. The highest BCUT2D eigenvalue weighted by Crippen LogP contribution is 2.22. The third-order valence-electron chi connectivity index (χ3n) is 4.62. The summed E-state index contributed by atoms with van der Waals surface area (Å²) >= 11 is 5.45. The van der Waals surface area contributed by atoms with Crippen molar-refractivity contribution in [1.82, 2.24) is 10.2 Å². The molecule has 2 N–H and O–H groups in total. The van der Waals surface area contributed by atoms with Gasteiger partial charge in [0.25, 0.3) is 0 Å². The molecule has 0 radical (unpaired) electrons. The van der Waals surface area contributed by atoms with Gasteiger partial charge in [-0.3, -0.25) is 4.90 Å². The Kier molecular flexibility index (Phi) is 7.59. The fourth-order valence-electron chi connectivity index (χ4n) is 3.20. The van der Waals surface area contributed by atoms with E-state index in [-0.39, 0.29) is 11.9 Å². The number of anilines is 1. The molecule has 1 heterocycles. The average Bonchev–Trinajstić information content (AvgIpc) is 2.72. The van der Waals surface area contributed by atoms with Crippen LogP contribution in [0.25, 0.3) is 0 Å². The SMILES string of the molecule is CCOc1ccc(NC(=S)NC[C@@H](c2ccc(F)cc2)N2CCOCC2)cc1. The summed E-state index contributed by atoms with van der Waals surface area (Å²) in [5.41, 5.74) is 1.95. The van der Waals surface area contributed by atoms with Crippen LogP contribution in [0.5, 0.6) is 5.75 Å². The lowest BCUT2D eigenvalue weighted by molar-refractivity contribution is 0.0170. The minimum Gasteiger partial charge on any atom is -0.494 e. The Morgan fingerprint density at radius 1 is 1.14 bits per heavy atom. The molecule has 0 bridgehead atoms. The number of halogens is 1. The van der Waals surface area contributed by atoms with E-state index in [1.54, 1.807) is 0 Å². The third kappa shape index (κ3) is 5.89. The Balaban J connectivity index is 1.60. The number of thiocarbonyl (C=S) groups is 1. The molecular formula is C21H26FN3O2S. The van der Waals surface area contributed by atoms with Crippen LogP contribution in [0, 0.1) is 5.82 Å². The highest BCUT2D eigenvalue weighted by atomic mass is 32.1. The van der Waals surface area contributed by atoms with Gasteiger partial charge in [-0.2, -0.15) is 0 Å². The minimum absolute atomic E-state index is 0.0876. The maximum absolute atomic E-state index is 13.3. The number of hydrogen-bond donors (Lipinski definition) is 2. The third-order valence-corrected chi connectivity index (χ3v) is 4.87. The molecule has 1 fully saturated rings. The van der Waals surface area contributed by atoms with Crippen molar-refractivity contribution >= 4 is 23.0 Å². The molecule has 0 aromatic heterocycles. The Morgan fingerprint density at radius 2 is 1.82 bits per heavy atom. The normalized spacial score (nSPS) is 15.6. The molecule has 2 aromatic carbocycles. The molecule has 5 nitrogen and oxygen atoms in total. The van der Waals surface area contributed by atoms with Crippen LogP contribution in [0.3, 0.4) is 0 Å². The van der Waals surface area contributed by atoms with Crippen molar-refractivity contribution < 1.29 is 13.9 Å². The van der Waals surface area contributed by atoms with E-state index in [0.717, 1.165) is 30.1 Å². The number of nitrogens with zero attached hydrogens (tertiary/aromatic N) is 1. The second-order valence-electron chi connectivity index (χ2n) is 6.51. The summed E-state index contributed by atoms with van der Waals surface area (Å²) in [7, 11) is 0. The zero-order valence-electron chi connectivity index (χ0n) is 16.0. The van der Waals surface area contributed by atoms with Crippen molar-refractivity contribution in [2.24, 2.45) is 0 Å². The standard InChI is InChI=1S/C21H26FN3O2S/c1-2-27-19-9-7-18(8-10-19)24-21(28)23-15-20(25-11-13-26-14-12-25)16-3-5-17(22)6-4-16/h3-10,20H,2,11-15H2,1H3,(H2,23,24,28)/t20-/m0/s1. The largest absolute Gasteiger partial charge is 0.494 e. The zero-order chi connectivity index (χ0) is 19.8. The Hall–Kier alpha value is -2.22. The first-order chi connectivity index (χ1) is 13.7. The van der Waals surface area contributed by atoms with Crippen LogP contribution in [0.1, 0.15) is 18.5 Å². The van der Waals surface area contributed by atoms with Gasteiger partial charge in [0, 0.05) is 25.3 Å². The molecule has 3 rings (SSSR count). The topological polar surface area (TPSA) is 45.8 Å². The molecule has 0 saturated carbocycles. The van der Waals surface area contributed by atoms with Crippen LogP contribution in [-0.2, 0) is 4.74 Å². The first-order valence-electron chi connectivity index (χ1n) is 9.50. The van der Waals surface area contributed by atoms with E-state index in [2.05, 4.69) is 15.5 Å². The van der Waals surface area contributed by atoms with Crippen LogP contribution in [0.2, 0.25) is 0 Å². The van der Waals surface area contributed by atoms with Gasteiger partial charge in [-0.25, -0.2) is 4.39 Å². The van der Waals surface area contributed by atoms with E-state index in [0.29, 0.717) is 31.5 Å². The Morgan fingerprint density at radius 3 is 2.46 bits per heavy atom. The summed E-state index contributed by atoms with van der Waals surface area (Å²) in [4.78, 5) is 2.34. The fraction of sp³-hybridized carbons (Fsp3) is 0.381. The van der Waals surface area contributed by atoms with Crippen molar-refractivity contribution in [2.75, 3.05) is 44.8 Å². The molecule has 28 heavy (non-hydrogen) atoms. The van der Waals surface area contributed by atoms with Gasteiger partial charge >= 0.3 is 0 Å². The Labute approximate surface area is 170 Å². The number of ether oxygens (including phenoxy) is 2. The highest BCUT2D eigenvalue weighted by Gasteiger charge is 2.22. The molecule has 1 saturated heterocycles. The molecule has 0 spiro atoms. The van der Waals surface area contributed by atoms with E-state index in [9.17, 15) is 4.39 Å². The summed E-state index contributed by atoms with van der Waals surface area (Å²) in [5.74, 6) is 0.598. The number of nitrogens with one attached hydrogen (secondary N) is 2. The van der Waals surface area contributed by atoms with Crippen molar-refractivity contribution in [2.45, 2.75) is 13.0 Å². The molecule has 7 heteroatoms. The summed E-state index contributed by atoms with van der Waals surface area (Å²) in [5, 5.41) is 7.03. The fourth-order valence-corrected chi connectivity index (χ4v) is 3.40. The van der Waals surface area contributed by atoms with Crippen molar-refractivity contribution in [1.29, 1.82) is 0 Å². The summed E-state index contributed by atoms with van der Waals surface area (Å²) in [6.45, 7) is 6.29. The summed E-state index contributed by atoms with van der Waals surface area (Å²) < 4.78 is 24.3. The lowest BCUT2D eigenvalue weighted by Gasteiger charge is -2.35. The van der Waals surface area contributed by atoms with Gasteiger partial charge in [0.05, 0.1) is 25.9 Å². The van der Waals surface area contributed by atoms with E-state index in [1.807, 2.05) is 43.3 Å². The molecule has 0 aliphatic carbocycles. The molecule has 150 valence electrons. The molecule has 0 amide bonds. The maximum Gasteiger partial charge on any atom is 0.170 e. The van der Waals surface area contributed by atoms with Crippen LogP contribution in [0.4, 0.5) is 10.1 Å². The van der Waals surface area contributed by atoms with Crippen molar-refractivity contribution in [3.63, 3.8) is 0 Å². The monoisotopic (exact) mass is 403 g/mol. The number of hydrogen-bond acceptors (Lipinski definition) is 4. The molecule has 0 unspecified atom stereocenters. The molecule has 2 aromatic rings.